The summed E-state index contributed by atoms with van der Waals surface area (Å²) in [5.74, 6) is -2.30. The molecule has 0 saturated carbocycles. The Bertz CT molecular complexity index is 1810. The maximum absolute atomic E-state index is 13.6. The molecule has 5 rings (SSSR count). The second-order valence-electron chi connectivity index (χ2n) is 8.76. The standard InChI is InChI=1S/C28H24F2N6O2S/c1-17-8-7-15-35-25(17)33-24(32-19-11-13-21(14-12-19)39-28(29)30)22(26(35)37)16-31-23-18(2)34(3)36(27(23)38)20-9-5-4-6-10-20/h4-16,28,32H,1-3H3. The minimum Gasteiger partial charge on any atom is -0.339 e. The monoisotopic (exact) mass is 546 g/mol. The molecule has 0 aliphatic carbocycles. The molecule has 0 aliphatic heterocycles. The molecule has 3 aromatic heterocycles. The number of nitrogens with zero attached hydrogens (tertiary/aromatic N) is 5. The van der Waals surface area contributed by atoms with Gasteiger partial charge in [-0.3, -0.25) is 18.7 Å². The number of pyridine rings is 1. The number of halogens is 2. The molecule has 0 amide bonds. The molecule has 11 heteroatoms. The van der Waals surface area contributed by atoms with E-state index in [0.29, 0.717) is 39.4 Å². The van der Waals surface area contributed by atoms with Crippen molar-refractivity contribution in [1.29, 1.82) is 0 Å². The largest absolute Gasteiger partial charge is 0.339 e. The summed E-state index contributed by atoms with van der Waals surface area (Å²) < 4.78 is 30.1. The van der Waals surface area contributed by atoms with Gasteiger partial charge in [0.25, 0.3) is 16.9 Å². The smallest absolute Gasteiger partial charge is 0.297 e. The van der Waals surface area contributed by atoms with E-state index < -0.39 is 5.76 Å². The molecule has 0 atom stereocenters. The topological polar surface area (TPSA) is 85.7 Å². The van der Waals surface area contributed by atoms with Gasteiger partial charge in [0.2, 0.25) is 0 Å². The van der Waals surface area contributed by atoms with Crippen LogP contribution in [0.2, 0.25) is 0 Å². The van der Waals surface area contributed by atoms with Crippen molar-refractivity contribution in [3.63, 3.8) is 0 Å². The maximum atomic E-state index is 13.6. The number of benzene rings is 2. The summed E-state index contributed by atoms with van der Waals surface area (Å²) in [6.45, 7) is 3.62. The van der Waals surface area contributed by atoms with Gasteiger partial charge in [-0.25, -0.2) is 14.7 Å². The van der Waals surface area contributed by atoms with Gasteiger partial charge in [0.1, 0.15) is 17.0 Å². The first kappa shape index (κ1) is 26.1. The van der Waals surface area contributed by atoms with Crippen LogP contribution in [0.3, 0.4) is 0 Å². The lowest BCUT2D eigenvalue weighted by molar-refractivity contribution is 0.252. The number of aliphatic imine (C=N–C) groups is 1. The summed E-state index contributed by atoms with van der Waals surface area (Å²) in [7, 11) is 1.76. The Morgan fingerprint density at radius 1 is 0.974 bits per heavy atom. The van der Waals surface area contributed by atoms with Crippen molar-refractivity contribution in [2.45, 2.75) is 24.5 Å². The highest BCUT2D eigenvalue weighted by molar-refractivity contribution is 7.99. The van der Waals surface area contributed by atoms with Crippen molar-refractivity contribution in [2.24, 2.45) is 12.0 Å². The number of rotatable bonds is 7. The van der Waals surface area contributed by atoms with Crippen LogP contribution in [0.5, 0.6) is 0 Å². The minimum absolute atomic E-state index is 0.137. The lowest BCUT2D eigenvalue weighted by Crippen LogP contribution is -2.22. The van der Waals surface area contributed by atoms with Gasteiger partial charge in [-0.1, -0.05) is 36.0 Å². The predicted molar refractivity (Wildman–Crippen MR) is 151 cm³/mol. The normalized spacial score (nSPS) is 11.6. The first-order valence-electron chi connectivity index (χ1n) is 12.0. The van der Waals surface area contributed by atoms with Crippen LogP contribution in [0, 0.1) is 13.8 Å². The van der Waals surface area contributed by atoms with Crippen LogP contribution in [0.15, 0.2) is 92.4 Å². The molecule has 0 saturated heterocycles. The van der Waals surface area contributed by atoms with Gasteiger partial charge < -0.3 is 5.32 Å². The van der Waals surface area contributed by atoms with E-state index in [1.807, 2.05) is 43.3 Å². The summed E-state index contributed by atoms with van der Waals surface area (Å²) in [6, 6.07) is 19.2. The number of aryl methyl sites for hydroxylation is 1. The third-order valence-electron chi connectivity index (χ3n) is 6.27. The minimum atomic E-state index is -2.52. The molecule has 3 heterocycles. The van der Waals surface area contributed by atoms with Crippen molar-refractivity contribution in [3.05, 3.63) is 110 Å². The molecule has 0 bridgehead atoms. The van der Waals surface area contributed by atoms with Crippen LogP contribution in [0.1, 0.15) is 16.8 Å². The van der Waals surface area contributed by atoms with E-state index in [2.05, 4.69) is 15.3 Å². The zero-order chi connectivity index (χ0) is 27.7. The van der Waals surface area contributed by atoms with Gasteiger partial charge in [0.15, 0.2) is 5.69 Å². The molecule has 2 aromatic carbocycles. The van der Waals surface area contributed by atoms with E-state index in [1.165, 1.54) is 15.3 Å². The number of nitrogens with one attached hydrogen (secondary N) is 1. The molecule has 5 aromatic rings. The fourth-order valence-electron chi connectivity index (χ4n) is 4.21. The fraction of sp³-hybridized carbons (Fsp3) is 0.143. The number of hydrogen-bond donors (Lipinski definition) is 1. The van der Waals surface area contributed by atoms with Gasteiger partial charge in [0, 0.05) is 30.0 Å². The van der Waals surface area contributed by atoms with Crippen LogP contribution in [0.4, 0.5) is 26.0 Å². The molecule has 0 aliphatic rings. The van der Waals surface area contributed by atoms with Gasteiger partial charge in [-0.2, -0.15) is 8.78 Å². The molecule has 1 N–H and O–H groups in total. The Morgan fingerprint density at radius 3 is 2.38 bits per heavy atom. The van der Waals surface area contributed by atoms with E-state index in [4.69, 9.17) is 0 Å². The Hall–Kier alpha value is -4.51. The molecule has 8 nitrogen and oxygen atoms in total. The third kappa shape index (κ3) is 5.13. The van der Waals surface area contributed by atoms with Crippen molar-refractivity contribution >= 4 is 40.8 Å². The van der Waals surface area contributed by atoms with E-state index in [1.54, 1.807) is 55.2 Å². The highest BCUT2D eigenvalue weighted by Gasteiger charge is 2.17. The van der Waals surface area contributed by atoms with Crippen molar-refractivity contribution in [1.82, 2.24) is 18.7 Å². The molecule has 39 heavy (non-hydrogen) atoms. The van der Waals surface area contributed by atoms with Gasteiger partial charge in [0.05, 0.1) is 11.4 Å². The van der Waals surface area contributed by atoms with Crippen LogP contribution in [-0.2, 0) is 7.05 Å². The second-order valence-corrected chi connectivity index (χ2v) is 9.82. The summed E-state index contributed by atoms with van der Waals surface area (Å²) in [6.07, 6.45) is 2.96. The third-order valence-corrected chi connectivity index (χ3v) is 7.00. The average Bonchev–Trinajstić information content (AvgIpc) is 3.13. The van der Waals surface area contributed by atoms with E-state index in [-0.39, 0.29) is 28.2 Å². The Kier molecular flexibility index (Phi) is 7.16. The number of thioether (sulfide) groups is 1. The quantitative estimate of drug-likeness (QED) is 0.212. The van der Waals surface area contributed by atoms with Crippen molar-refractivity contribution in [3.8, 4) is 5.69 Å². The summed E-state index contributed by atoms with van der Waals surface area (Å²) >= 11 is 0.448. The van der Waals surface area contributed by atoms with Gasteiger partial charge >= 0.3 is 0 Å². The Labute approximate surface area is 226 Å². The first-order chi connectivity index (χ1) is 18.7. The van der Waals surface area contributed by atoms with E-state index in [9.17, 15) is 18.4 Å². The summed E-state index contributed by atoms with van der Waals surface area (Å²) in [4.78, 5) is 36.4. The van der Waals surface area contributed by atoms with Crippen LogP contribution in [-0.4, -0.2) is 30.7 Å². The second kappa shape index (κ2) is 10.7. The number of anilines is 2. The maximum Gasteiger partial charge on any atom is 0.297 e. The van der Waals surface area contributed by atoms with Gasteiger partial charge in [-0.15, -0.1) is 0 Å². The first-order valence-corrected chi connectivity index (χ1v) is 12.8. The Balaban J connectivity index is 1.61. The fourth-order valence-corrected chi connectivity index (χ4v) is 4.71. The molecule has 0 spiro atoms. The molecule has 0 radical (unpaired) electrons. The summed E-state index contributed by atoms with van der Waals surface area (Å²) in [5.41, 5.74) is 2.71. The Morgan fingerprint density at radius 2 is 1.69 bits per heavy atom. The predicted octanol–water partition coefficient (Wildman–Crippen LogP) is 5.61. The lowest BCUT2D eigenvalue weighted by atomic mass is 10.2. The number of alkyl halides is 2. The highest BCUT2D eigenvalue weighted by atomic mass is 32.2. The number of hydrogen-bond acceptors (Lipinski definition) is 6. The van der Waals surface area contributed by atoms with Crippen LogP contribution >= 0.6 is 11.8 Å². The molecular weight excluding hydrogens is 522 g/mol. The zero-order valence-electron chi connectivity index (χ0n) is 21.3. The highest BCUT2D eigenvalue weighted by Crippen LogP contribution is 2.27. The molecular formula is C28H24F2N6O2S. The number of aromatic nitrogens is 4. The SMILES string of the molecule is Cc1cccn2c(=O)c(C=Nc3c(C)n(C)n(-c4ccccc4)c3=O)c(Nc3ccc(SC(F)F)cc3)nc12. The van der Waals surface area contributed by atoms with Crippen LogP contribution in [0.25, 0.3) is 11.3 Å². The van der Waals surface area contributed by atoms with Gasteiger partial charge in [-0.05, 0) is 61.9 Å². The van der Waals surface area contributed by atoms with Crippen molar-refractivity contribution in [2.75, 3.05) is 5.32 Å². The molecule has 0 fully saturated rings. The number of para-hydroxylation sites is 1. The molecule has 0 unspecified atom stereocenters. The average molecular weight is 547 g/mol. The molecule has 198 valence electrons. The zero-order valence-corrected chi connectivity index (χ0v) is 22.1. The van der Waals surface area contributed by atoms with E-state index in [0.717, 1.165) is 5.56 Å². The van der Waals surface area contributed by atoms with E-state index >= 15 is 0 Å². The van der Waals surface area contributed by atoms with Crippen molar-refractivity contribution < 1.29 is 8.78 Å². The lowest BCUT2D eigenvalue weighted by Gasteiger charge is -2.12. The number of fused-ring (bicyclic) bond motifs is 1. The van der Waals surface area contributed by atoms with Crippen LogP contribution < -0.4 is 16.4 Å². The summed E-state index contributed by atoms with van der Waals surface area (Å²) in [5, 5.41) is 3.12.